The summed E-state index contributed by atoms with van der Waals surface area (Å²) in [5.41, 5.74) is 0. The SMILES string of the molecule is C[S][SnH]([CH3])[CH3]. The topological polar surface area (TPSA) is 0 Å². The Bertz CT molecular complexity index is 20.9. The van der Waals surface area contributed by atoms with Crippen LogP contribution in [0, 0.1) is 0 Å². The Labute approximate surface area is 43.5 Å². The molecule has 0 aliphatic rings. The predicted molar refractivity (Wildman–Crippen MR) is 32.4 cm³/mol. The molecule has 0 radical (unpaired) electrons. The molecule has 0 aromatic rings. The van der Waals surface area contributed by atoms with Crippen LogP contribution in [-0.4, -0.2) is 24.6 Å². The van der Waals surface area contributed by atoms with E-state index in [9.17, 15) is 0 Å². The van der Waals surface area contributed by atoms with Gasteiger partial charge in [0.05, 0.1) is 0 Å². The van der Waals surface area contributed by atoms with Crippen molar-refractivity contribution in [1.82, 2.24) is 0 Å². The summed E-state index contributed by atoms with van der Waals surface area (Å²) in [5.74, 6) is 0. The Morgan fingerprint density at radius 3 is 1.60 bits per heavy atom. The Kier molecular flexibility index (Phi) is 4.11. The number of rotatable bonds is 1. The molecule has 0 spiro atoms. The van der Waals surface area contributed by atoms with Crippen LogP contribution >= 0.6 is 8.95 Å². The molecule has 32 valence electrons. The van der Waals surface area contributed by atoms with Crippen molar-refractivity contribution in [2.75, 3.05) is 6.26 Å². The Morgan fingerprint density at radius 2 is 1.60 bits per heavy atom. The van der Waals surface area contributed by atoms with Crippen molar-refractivity contribution in [3.8, 4) is 0 Å². The molecule has 0 rings (SSSR count). The van der Waals surface area contributed by atoms with Crippen molar-refractivity contribution in [1.29, 1.82) is 0 Å². The summed E-state index contributed by atoms with van der Waals surface area (Å²) >= 11 is -0.762. The molecule has 2 heteroatoms. The fourth-order valence-electron chi connectivity index (χ4n) is 0. The first kappa shape index (κ1) is 6.15. The molecule has 0 fully saturated rings. The van der Waals surface area contributed by atoms with Gasteiger partial charge in [-0.2, -0.15) is 0 Å². The van der Waals surface area contributed by atoms with Gasteiger partial charge in [-0.3, -0.25) is 0 Å². The summed E-state index contributed by atoms with van der Waals surface area (Å²) in [4.78, 5) is 4.79. The van der Waals surface area contributed by atoms with E-state index >= 15 is 0 Å². The van der Waals surface area contributed by atoms with Gasteiger partial charge in [-0.15, -0.1) is 0 Å². The second-order valence-corrected chi connectivity index (χ2v) is 18.1. The Hall–Kier alpha value is 1.15. The minimum absolute atomic E-state index is 0.762. The zero-order valence-electron chi connectivity index (χ0n) is 3.99. The van der Waals surface area contributed by atoms with Crippen LogP contribution in [0.25, 0.3) is 0 Å². The van der Waals surface area contributed by atoms with E-state index in [1.165, 1.54) is 0 Å². The first-order valence-corrected chi connectivity index (χ1v) is 13.7. The van der Waals surface area contributed by atoms with E-state index in [0.717, 1.165) is 0 Å². The fourth-order valence-corrected chi connectivity index (χ4v) is 0. The van der Waals surface area contributed by atoms with E-state index in [4.69, 9.17) is 0 Å². The molecule has 0 aromatic carbocycles. The summed E-state index contributed by atoms with van der Waals surface area (Å²) in [7, 11) is 2.09. The van der Waals surface area contributed by atoms with Crippen LogP contribution in [0.15, 0.2) is 0 Å². The zero-order chi connectivity index (χ0) is 4.28. The zero-order valence-corrected chi connectivity index (χ0v) is 8.10. The van der Waals surface area contributed by atoms with Gasteiger partial charge in [-0.25, -0.2) is 0 Å². The molecule has 0 saturated heterocycles. The molecule has 0 aliphatic carbocycles. The van der Waals surface area contributed by atoms with E-state index in [2.05, 4.69) is 25.1 Å². The monoisotopic (exact) mass is 198 g/mol. The van der Waals surface area contributed by atoms with Crippen LogP contribution in [0.3, 0.4) is 0 Å². The molecule has 0 N–H and O–H groups in total. The molecule has 0 amide bonds. The molecule has 0 nitrogen and oxygen atoms in total. The molecule has 0 aromatic heterocycles. The van der Waals surface area contributed by atoms with Gasteiger partial charge in [0.25, 0.3) is 0 Å². The van der Waals surface area contributed by atoms with Crippen LogP contribution in [0.5, 0.6) is 0 Å². The van der Waals surface area contributed by atoms with Gasteiger partial charge in [0.2, 0.25) is 0 Å². The van der Waals surface area contributed by atoms with Crippen molar-refractivity contribution < 1.29 is 0 Å². The van der Waals surface area contributed by atoms with Gasteiger partial charge >= 0.3 is 43.5 Å². The molecule has 0 saturated carbocycles. The van der Waals surface area contributed by atoms with E-state index in [0.29, 0.717) is 0 Å². The van der Waals surface area contributed by atoms with E-state index in [1.807, 2.05) is 0 Å². The van der Waals surface area contributed by atoms with Gasteiger partial charge < -0.3 is 0 Å². The average molecular weight is 197 g/mol. The van der Waals surface area contributed by atoms with Gasteiger partial charge in [0.15, 0.2) is 0 Å². The Morgan fingerprint density at radius 1 is 1.40 bits per heavy atom. The third-order valence-corrected chi connectivity index (χ3v) is 9.49. The second-order valence-electron chi connectivity index (χ2n) is 1.28. The summed E-state index contributed by atoms with van der Waals surface area (Å²) in [6.45, 7) is 0. The normalized spacial score (nSPS) is 9.60. The molecule has 0 unspecified atom stereocenters. The van der Waals surface area contributed by atoms with Crippen LogP contribution < -0.4 is 0 Å². The van der Waals surface area contributed by atoms with Gasteiger partial charge in [-0.1, -0.05) is 0 Å². The minimum atomic E-state index is -0.762. The molecule has 0 atom stereocenters. The van der Waals surface area contributed by atoms with E-state index in [-0.39, 0.29) is 0 Å². The van der Waals surface area contributed by atoms with Crippen molar-refractivity contribution in [3.05, 3.63) is 0 Å². The predicted octanol–water partition coefficient (Wildman–Crippen LogP) is 1.33. The standard InChI is InChI=1S/CH4S.2CH3.Sn.H/c1-2;;;;/h2H,1H3;2*1H3;;/q;;;+1;/p-1. The summed E-state index contributed by atoms with van der Waals surface area (Å²) in [6.07, 6.45) is 2.21. The quantitative estimate of drug-likeness (QED) is 0.571. The molecule has 0 aliphatic heterocycles. The van der Waals surface area contributed by atoms with Gasteiger partial charge in [0.1, 0.15) is 0 Å². The molecule has 0 heterocycles. The van der Waals surface area contributed by atoms with Gasteiger partial charge in [0, 0.05) is 0 Å². The van der Waals surface area contributed by atoms with Crippen LogP contribution in [0.2, 0.25) is 9.88 Å². The van der Waals surface area contributed by atoms with E-state index < -0.39 is 18.4 Å². The van der Waals surface area contributed by atoms with Crippen LogP contribution in [-0.2, 0) is 0 Å². The average Bonchev–Trinajstić information content (AvgIpc) is 1.38. The number of hydrogen-bond acceptors (Lipinski definition) is 1. The first-order chi connectivity index (χ1) is 2.27. The summed E-state index contributed by atoms with van der Waals surface area (Å²) < 4.78 is 0. The third-order valence-electron chi connectivity index (χ3n) is 0.471. The third kappa shape index (κ3) is 5.15. The maximum atomic E-state index is 2.40. The summed E-state index contributed by atoms with van der Waals surface area (Å²) in [5, 5.41) is 0. The van der Waals surface area contributed by atoms with Crippen LogP contribution in [0.4, 0.5) is 0 Å². The maximum absolute atomic E-state index is 2.40. The van der Waals surface area contributed by atoms with E-state index in [1.54, 1.807) is 0 Å². The molecule has 5 heavy (non-hydrogen) atoms. The summed E-state index contributed by atoms with van der Waals surface area (Å²) in [6, 6.07) is 0. The number of hydrogen-bond donors (Lipinski definition) is 0. The fraction of sp³-hybridized carbons (Fsp3) is 1.00. The van der Waals surface area contributed by atoms with Gasteiger partial charge in [-0.05, 0) is 0 Å². The van der Waals surface area contributed by atoms with Crippen molar-refractivity contribution in [2.24, 2.45) is 0 Å². The van der Waals surface area contributed by atoms with Crippen LogP contribution in [0.1, 0.15) is 0 Å². The van der Waals surface area contributed by atoms with Crippen molar-refractivity contribution in [3.63, 3.8) is 0 Å². The van der Waals surface area contributed by atoms with Crippen molar-refractivity contribution in [2.45, 2.75) is 9.88 Å². The second kappa shape index (κ2) is 3.34. The molecular formula is C3H10SSn. The molecule has 0 bridgehead atoms. The first-order valence-electron chi connectivity index (χ1n) is 1.80. The van der Waals surface area contributed by atoms with Crippen molar-refractivity contribution >= 4 is 27.3 Å². The molecular weight excluding hydrogens is 187 g/mol. The Balaban J connectivity index is 2.54.